The lowest BCUT2D eigenvalue weighted by atomic mass is 9.51. The monoisotopic (exact) mass is 523 g/mol. The van der Waals surface area contributed by atoms with Gasteiger partial charge in [-0.05, 0) is 36.8 Å². The lowest BCUT2D eigenvalue weighted by Gasteiger charge is -2.52. The van der Waals surface area contributed by atoms with E-state index in [1.54, 1.807) is 19.1 Å². The van der Waals surface area contributed by atoms with Gasteiger partial charge >= 0.3 is 5.97 Å². The zero-order valence-electron chi connectivity index (χ0n) is 22.3. The third kappa shape index (κ3) is 3.96. The van der Waals surface area contributed by atoms with Crippen molar-refractivity contribution in [2.45, 2.75) is 76.6 Å². The van der Waals surface area contributed by atoms with E-state index in [1.807, 2.05) is 37.3 Å². The minimum Gasteiger partial charge on any atom is -0.458 e. The fourth-order valence-corrected chi connectivity index (χ4v) is 7.41. The predicted molar refractivity (Wildman–Crippen MR) is 139 cm³/mol. The molecule has 8 heteroatoms. The molecule has 1 saturated carbocycles. The second-order valence-corrected chi connectivity index (χ2v) is 11.7. The highest BCUT2D eigenvalue weighted by atomic mass is 16.6. The van der Waals surface area contributed by atoms with Gasteiger partial charge in [0.25, 0.3) is 0 Å². The molecule has 3 fully saturated rings. The van der Waals surface area contributed by atoms with E-state index in [1.165, 1.54) is 13.8 Å². The molecule has 8 nitrogen and oxygen atoms in total. The number of amides is 1. The van der Waals surface area contributed by atoms with Gasteiger partial charge < -0.3 is 25.0 Å². The van der Waals surface area contributed by atoms with Gasteiger partial charge in [-0.15, -0.1) is 0 Å². The van der Waals surface area contributed by atoms with Crippen LogP contribution in [0.15, 0.2) is 54.6 Å². The van der Waals surface area contributed by atoms with Crippen LogP contribution in [0, 0.1) is 29.1 Å². The van der Waals surface area contributed by atoms with Gasteiger partial charge in [0.15, 0.2) is 5.78 Å². The molecule has 1 aromatic rings. The van der Waals surface area contributed by atoms with Crippen LogP contribution >= 0.6 is 0 Å². The number of carbonyl (C=O) groups is 3. The molecule has 38 heavy (non-hydrogen) atoms. The summed E-state index contributed by atoms with van der Waals surface area (Å²) in [6, 6.07) is 9.48. The quantitative estimate of drug-likeness (QED) is 0.315. The van der Waals surface area contributed by atoms with Gasteiger partial charge in [-0.2, -0.15) is 0 Å². The first kappa shape index (κ1) is 26.8. The van der Waals surface area contributed by atoms with Crippen LogP contribution in [0.3, 0.4) is 0 Å². The second-order valence-electron chi connectivity index (χ2n) is 11.7. The number of aliphatic hydroxyl groups is 2. The number of rotatable bonds is 3. The third-order valence-electron chi connectivity index (χ3n) is 9.31. The fraction of sp³-hybridized carbons (Fsp3) is 0.567. The van der Waals surface area contributed by atoms with Gasteiger partial charge in [-0.25, -0.2) is 0 Å². The fourth-order valence-electron chi connectivity index (χ4n) is 7.41. The third-order valence-corrected chi connectivity index (χ3v) is 9.31. The average Bonchev–Trinajstić information content (AvgIpc) is 3.62. The van der Waals surface area contributed by atoms with Gasteiger partial charge in [0.05, 0.1) is 6.10 Å². The molecule has 1 unspecified atom stereocenters. The summed E-state index contributed by atoms with van der Waals surface area (Å²) in [5.41, 5.74) is -1.60. The summed E-state index contributed by atoms with van der Waals surface area (Å²) in [7, 11) is 0. The molecule has 5 rings (SSSR count). The van der Waals surface area contributed by atoms with Crippen molar-refractivity contribution >= 4 is 17.7 Å². The lowest BCUT2D eigenvalue weighted by Crippen LogP contribution is -2.62. The molecule has 0 aromatic heterocycles. The molecular weight excluding hydrogens is 486 g/mol. The number of nitrogens with one attached hydrogen (secondary N) is 1. The minimum atomic E-state index is -1.83. The van der Waals surface area contributed by atoms with Gasteiger partial charge in [0.1, 0.15) is 29.3 Å². The number of allylic oxidation sites excluding steroid dienone is 1. The number of ketones is 1. The number of hydrogen-bond acceptors (Lipinski definition) is 7. The highest BCUT2D eigenvalue weighted by Gasteiger charge is 2.74. The first-order valence-corrected chi connectivity index (χ1v) is 13.4. The number of ether oxygens (including phenoxy) is 2. The van der Waals surface area contributed by atoms with E-state index in [0.717, 1.165) is 5.56 Å². The Morgan fingerprint density at radius 3 is 2.58 bits per heavy atom. The summed E-state index contributed by atoms with van der Waals surface area (Å²) < 4.78 is 11.9. The van der Waals surface area contributed by atoms with Crippen LogP contribution < -0.4 is 5.32 Å². The summed E-state index contributed by atoms with van der Waals surface area (Å²) in [5.74, 6) is -3.34. The molecule has 2 heterocycles. The Morgan fingerprint density at radius 1 is 1.24 bits per heavy atom. The molecular formula is C30H37NO7. The Balaban J connectivity index is 1.70. The van der Waals surface area contributed by atoms with E-state index in [-0.39, 0.29) is 23.7 Å². The zero-order chi connectivity index (χ0) is 27.6. The molecule has 1 amide bonds. The van der Waals surface area contributed by atoms with E-state index in [9.17, 15) is 24.6 Å². The van der Waals surface area contributed by atoms with Crippen LogP contribution in [0.4, 0.5) is 0 Å². The van der Waals surface area contributed by atoms with Crippen LogP contribution in [0.2, 0.25) is 0 Å². The standard InChI is InChI=1S/C30H37NO7/c1-15-10-9-13-20-23(33)17(3)16(2)22-21(14-19-11-7-6-8-12-19)31-28(35)30(20,22)27(37-18(4)32)24-26(38-24)29(5,36)25(15)34/h6-9,11-13,15-16,20-24,26-27,33,36H,3,10,14H2,1-2,4-5H3,(H,31,35)/t15-,16+,20?,21-,22-,23+,24+,26+,27+,29-,30-/m0/s1. The van der Waals surface area contributed by atoms with Crippen LogP contribution in [0.25, 0.3) is 0 Å². The maximum Gasteiger partial charge on any atom is 0.303 e. The summed E-state index contributed by atoms with van der Waals surface area (Å²) in [4.78, 5) is 40.0. The molecule has 3 N–H and O–H groups in total. The van der Waals surface area contributed by atoms with Crippen molar-refractivity contribution in [1.29, 1.82) is 0 Å². The molecule has 4 aliphatic rings. The van der Waals surface area contributed by atoms with Crippen LogP contribution in [-0.4, -0.2) is 63.9 Å². The summed E-state index contributed by atoms with van der Waals surface area (Å²) in [6.45, 7) is 10.6. The Hall–Kier alpha value is -2.81. The highest BCUT2D eigenvalue weighted by Crippen LogP contribution is 2.61. The number of benzene rings is 1. The van der Waals surface area contributed by atoms with E-state index in [0.29, 0.717) is 18.4 Å². The van der Waals surface area contributed by atoms with E-state index < -0.39 is 59.2 Å². The second kappa shape index (κ2) is 9.43. The van der Waals surface area contributed by atoms with Gasteiger partial charge in [0, 0.05) is 30.7 Å². The van der Waals surface area contributed by atoms with E-state index in [4.69, 9.17) is 9.47 Å². The zero-order valence-corrected chi connectivity index (χ0v) is 22.3. The van der Waals surface area contributed by atoms with E-state index >= 15 is 0 Å². The lowest BCUT2D eigenvalue weighted by molar-refractivity contribution is -0.175. The number of esters is 1. The number of aliphatic hydroxyl groups excluding tert-OH is 1. The summed E-state index contributed by atoms with van der Waals surface area (Å²) in [6.07, 6.45) is 0.350. The average molecular weight is 524 g/mol. The number of carbonyl (C=O) groups excluding carboxylic acids is 3. The minimum absolute atomic E-state index is 0.302. The predicted octanol–water partition coefficient (Wildman–Crippen LogP) is 2.13. The Labute approximate surface area is 223 Å². The van der Waals surface area contributed by atoms with Crippen molar-refractivity contribution in [2.75, 3.05) is 0 Å². The Kier molecular flexibility index (Phi) is 6.65. The molecule has 1 aromatic carbocycles. The highest BCUT2D eigenvalue weighted by molar-refractivity contribution is 5.91. The molecule has 0 radical (unpaired) electrons. The maximum atomic E-state index is 14.3. The smallest absolute Gasteiger partial charge is 0.303 e. The van der Waals surface area contributed by atoms with Crippen molar-refractivity contribution in [3.05, 3.63) is 60.2 Å². The number of fused-ring (bicyclic) bond motifs is 1. The Morgan fingerprint density at radius 2 is 1.92 bits per heavy atom. The first-order valence-electron chi connectivity index (χ1n) is 13.4. The topological polar surface area (TPSA) is 125 Å². The van der Waals surface area contributed by atoms with Crippen LogP contribution in [-0.2, 0) is 30.3 Å². The van der Waals surface area contributed by atoms with Gasteiger partial charge in [-0.1, -0.05) is 62.9 Å². The van der Waals surface area contributed by atoms with Crippen LogP contribution in [0.1, 0.15) is 39.7 Å². The molecule has 204 valence electrons. The maximum absolute atomic E-state index is 14.3. The molecule has 2 aliphatic carbocycles. The molecule has 2 aliphatic heterocycles. The molecule has 11 atom stereocenters. The van der Waals surface area contributed by atoms with Gasteiger partial charge in [-0.3, -0.25) is 14.4 Å². The number of hydrogen-bond donors (Lipinski definition) is 3. The molecule has 2 saturated heterocycles. The van der Waals surface area contributed by atoms with Gasteiger partial charge in [0.2, 0.25) is 5.91 Å². The SMILES string of the molecule is C=C1[C@@H](O)C2C=CC[C@H](C)C(=O)[C@](C)(O)[C@@H]3O[C@H]3[C@@H](OC(C)=O)[C@]23C(=O)N[C@@H](Cc2ccccc2)[C@@H]3[C@@H]1C. The van der Waals surface area contributed by atoms with Crippen molar-refractivity contribution < 1.29 is 34.1 Å². The van der Waals surface area contributed by atoms with Crippen LogP contribution in [0.5, 0.6) is 0 Å². The van der Waals surface area contributed by atoms with Crippen molar-refractivity contribution in [3.63, 3.8) is 0 Å². The molecule has 0 bridgehead atoms. The first-order chi connectivity index (χ1) is 17.9. The summed E-state index contributed by atoms with van der Waals surface area (Å²) in [5, 5.41) is 26.0. The molecule has 1 spiro atoms. The number of epoxide rings is 1. The van der Waals surface area contributed by atoms with E-state index in [2.05, 4.69) is 11.9 Å². The van der Waals surface area contributed by atoms with Crippen molar-refractivity contribution in [2.24, 2.45) is 29.1 Å². The largest absolute Gasteiger partial charge is 0.458 e. The van der Waals surface area contributed by atoms with Crippen molar-refractivity contribution in [1.82, 2.24) is 5.32 Å². The normalized spacial score (nSPS) is 44.3. The number of Topliss-reactive ketones (excluding diaryl/α,β-unsaturated/α-hetero) is 1. The van der Waals surface area contributed by atoms with Crippen molar-refractivity contribution in [3.8, 4) is 0 Å². The Bertz CT molecular complexity index is 1180. The summed E-state index contributed by atoms with van der Waals surface area (Å²) >= 11 is 0.